The van der Waals surface area contributed by atoms with Crippen molar-refractivity contribution in [1.82, 2.24) is 4.90 Å². The minimum absolute atomic E-state index is 0.0404. The smallest absolute Gasteiger partial charge is 0.265 e. The lowest BCUT2D eigenvalue weighted by Gasteiger charge is -2.30. The molecule has 1 saturated heterocycles. The van der Waals surface area contributed by atoms with E-state index in [4.69, 9.17) is 4.74 Å². The highest BCUT2D eigenvalue weighted by molar-refractivity contribution is 5.83. The second-order valence-corrected chi connectivity index (χ2v) is 6.30. The number of nitrogens with zero attached hydrogens (tertiary/aromatic N) is 1. The van der Waals surface area contributed by atoms with Gasteiger partial charge < -0.3 is 20.1 Å². The number of hydrogen-bond acceptors (Lipinski definition) is 4. The van der Waals surface area contributed by atoms with Crippen molar-refractivity contribution in [2.75, 3.05) is 25.0 Å². The summed E-state index contributed by atoms with van der Waals surface area (Å²) in [6.45, 7) is 1.94. The van der Waals surface area contributed by atoms with Crippen molar-refractivity contribution in [1.29, 1.82) is 0 Å². The van der Waals surface area contributed by atoms with Crippen LogP contribution in [0.1, 0.15) is 12.8 Å². The molecule has 0 radical (unpaired) electrons. The third-order valence-corrected chi connectivity index (χ3v) is 5.04. The van der Waals surface area contributed by atoms with Crippen LogP contribution in [0.3, 0.4) is 0 Å². The lowest BCUT2D eigenvalue weighted by atomic mass is 10.00. The van der Waals surface area contributed by atoms with E-state index >= 15 is 0 Å². The van der Waals surface area contributed by atoms with Crippen LogP contribution in [0.25, 0.3) is 0 Å². The zero-order valence-corrected chi connectivity index (χ0v) is 11.9. The van der Waals surface area contributed by atoms with Crippen LogP contribution in [0.2, 0.25) is 0 Å². The Hall–Kier alpha value is -1.75. The van der Waals surface area contributed by atoms with Crippen LogP contribution in [0, 0.1) is 11.8 Å². The minimum Gasteiger partial charge on any atom is -0.477 e. The van der Waals surface area contributed by atoms with Crippen LogP contribution in [0.15, 0.2) is 24.3 Å². The molecule has 4 unspecified atom stereocenters. The van der Waals surface area contributed by atoms with Gasteiger partial charge in [-0.1, -0.05) is 12.1 Å². The summed E-state index contributed by atoms with van der Waals surface area (Å²) in [5.74, 6) is 1.51. The molecule has 1 aromatic rings. The molecule has 1 saturated carbocycles. The van der Waals surface area contributed by atoms with E-state index in [1.807, 2.05) is 29.2 Å². The van der Waals surface area contributed by atoms with Crippen molar-refractivity contribution < 1.29 is 14.6 Å². The molecule has 2 N–H and O–H groups in total. The fourth-order valence-corrected chi connectivity index (χ4v) is 3.87. The Bertz CT molecular complexity index is 562. The van der Waals surface area contributed by atoms with E-state index in [0.717, 1.165) is 30.8 Å². The van der Waals surface area contributed by atoms with Gasteiger partial charge in [-0.2, -0.15) is 0 Å². The van der Waals surface area contributed by atoms with Gasteiger partial charge in [0.25, 0.3) is 5.91 Å². The number of ether oxygens (including phenoxy) is 1. The van der Waals surface area contributed by atoms with Crippen molar-refractivity contribution in [2.45, 2.75) is 25.0 Å². The monoisotopic (exact) mass is 288 g/mol. The molecule has 21 heavy (non-hydrogen) atoms. The first-order valence-electron chi connectivity index (χ1n) is 7.69. The van der Waals surface area contributed by atoms with E-state index in [-0.39, 0.29) is 17.9 Å². The molecule has 0 spiro atoms. The average molecular weight is 288 g/mol. The average Bonchev–Trinajstić information content (AvgIpc) is 3.08. The molecule has 4 atom stereocenters. The van der Waals surface area contributed by atoms with E-state index in [1.54, 1.807) is 0 Å². The van der Waals surface area contributed by atoms with E-state index in [2.05, 4.69) is 5.32 Å². The first-order chi connectivity index (χ1) is 10.2. The molecule has 2 fully saturated rings. The van der Waals surface area contributed by atoms with Gasteiger partial charge in [-0.05, 0) is 30.9 Å². The summed E-state index contributed by atoms with van der Waals surface area (Å²) >= 11 is 0. The maximum atomic E-state index is 12.6. The third kappa shape index (κ3) is 2.16. The summed E-state index contributed by atoms with van der Waals surface area (Å²) in [5.41, 5.74) is 0.940. The maximum absolute atomic E-state index is 12.6. The number of carbonyl (C=O) groups is 1. The number of rotatable bonds is 1. The summed E-state index contributed by atoms with van der Waals surface area (Å²) in [5, 5.41) is 13.2. The number of para-hydroxylation sites is 2. The van der Waals surface area contributed by atoms with Gasteiger partial charge in [-0.15, -0.1) is 0 Å². The fourth-order valence-electron chi connectivity index (χ4n) is 3.87. The van der Waals surface area contributed by atoms with Crippen molar-refractivity contribution in [3.63, 3.8) is 0 Å². The van der Waals surface area contributed by atoms with E-state index in [1.165, 1.54) is 0 Å². The molecule has 112 valence electrons. The Morgan fingerprint density at radius 1 is 1.29 bits per heavy atom. The number of amides is 1. The topological polar surface area (TPSA) is 61.8 Å². The normalized spacial score (nSPS) is 33.9. The standard InChI is InChI=1S/C16H20N2O3/c19-13-6-5-10-8-18(9-11(10)13)16(20)15-7-17-12-3-1-2-4-14(12)21-15/h1-4,10-11,13,15,17,19H,5-9H2. The molecule has 4 rings (SSSR count). The highest BCUT2D eigenvalue weighted by Crippen LogP contribution is 2.38. The van der Waals surface area contributed by atoms with E-state index in [0.29, 0.717) is 19.0 Å². The fraction of sp³-hybridized carbons (Fsp3) is 0.562. The number of likely N-dealkylation sites (tertiary alicyclic amines) is 1. The van der Waals surface area contributed by atoms with Gasteiger partial charge in [-0.25, -0.2) is 0 Å². The maximum Gasteiger partial charge on any atom is 0.265 e. The Kier molecular flexibility index (Phi) is 3.03. The van der Waals surface area contributed by atoms with Crippen molar-refractivity contribution in [3.05, 3.63) is 24.3 Å². The molecular weight excluding hydrogens is 268 g/mol. The van der Waals surface area contributed by atoms with Crippen LogP contribution in [0.4, 0.5) is 5.69 Å². The molecule has 1 aromatic carbocycles. The van der Waals surface area contributed by atoms with Gasteiger partial charge in [0.1, 0.15) is 5.75 Å². The van der Waals surface area contributed by atoms with Crippen LogP contribution < -0.4 is 10.1 Å². The molecule has 0 bridgehead atoms. The van der Waals surface area contributed by atoms with Gasteiger partial charge in [-0.3, -0.25) is 4.79 Å². The summed E-state index contributed by atoms with van der Waals surface area (Å²) in [6, 6.07) is 7.68. The third-order valence-electron chi connectivity index (χ3n) is 5.04. The van der Waals surface area contributed by atoms with Crippen LogP contribution in [-0.4, -0.2) is 47.8 Å². The molecule has 1 amide bonds. The van der Waals surface area contributed by atoms with Crippen molar-refractivity contribution >= 4 is 11.6 Å². The quantitative estimate of drug-likeness (QED) is 0.812. The number of aliphatic hydroxyl groups excluding tert-OH is 1. The van der Waals surface area contributed by atoms with Crippen LogP contribution >= 0.6 is 0 Å². The number of benzene rings is 1. The number of nitrogens with one attached hydrogen (secondary N) is 1. The van der Waals surface area contributed by atoms with Crippen molar-refractivity contribution in [3.8, 4) is 5.75 Å². The Morgan fingerprint density at radius 2 is 2.14 bits per heavy atom. The molecule has 5 nitrogen and oxygen atoms in total. The number of anilines is 1. The molecular formula is C16H20N2O3. The van der Waals surface area contributed by atoms with Crippen LogP contribution in [0.5, 0.6) is 5.75 Å². The summed E-state index contributed by atoms with van der Waals surface area (Å²) in [6.07, 6.45) is 1.21. The Balaban J connectivity index is 1.45. The van der Waals surface area contributed by atoms with Gasteiger partial charge in [0, 0.05) is 19.0 Å². The highest BCUT2D eigenvalue weighted by atomic mass is 16.5. The second-order valence-electron chi connectivity index (χ2n) is 6.30. The number of carbonyl (C=O) groups excluding carboxylic acids is 1. The first-order valence-corrected chi connectivity index (χ1v) is 7.69. The molecule has 2 aliphatic heterocycles. The van der Waals surface area contributed by atoms with Gasteiger partial charge >= 0.3 is 0 Å². The molecule has 1 aliphatic carbocycles. The van der Waals surface area contributed by atoms with Gasteiger partial charge in [0.2, 0.25) is 0 Å². The minimum atomic E-state index is -0.462. The number of hydrogen-bond donors (Lipinski definition) is 2. The van der Waals surface area contributed by atoms with Gasteiger partial charge in [0.15, 0.2) is 6.10 Å². The zero-order valence-electron chi connectivity index (χ0n) is 11.9. The Labute approximate surface area is 123 Å². The van der Waals surface area contributed by atoms with Crippen molar-refractivity contribution in [2.24, 2.45) is 11.8 Å². The number of fused-ring (bicyclic) bond motifs is 2. The second kappa shape index (κ2) is 4.91. The molecule has 2 heterocycles. The van der Waals surface area contributed by atoms with E-state index < -0.39 is 6.10 Å². The zero-order chi connectivity index (χ0) is 14.4. The molecule has 3 aliphatic rings. The SMILES string of the molecule is O=C(C1CNc2ccccc2O1)N1CC2CCC(O)C2C1. The van der Waals surface area contributed by atoms with E-state index in [9.17, 15) is 9.90 Å². The number of aliphatic hydroxyl groups is 1. The van der Waals surface area contributed by atoms with Crippen LogP contribution in [-0.2, 0) is 4.79 Å². The highest BCUT2D eigenvalue weighted by Gasteiger charge is 2.45. The molecule has 5 heteroatoms. The summed E-state index contributed by atoms with van der Waals surface area (Å²) in [4.78, 5) is 14.5. The predicted molar refractivity (Wildman–Crippen MR) is 78.1 cm³/mol. The lowest BCUT2D eigenvalue weighted by Crippen LogP contribution is -2.46. The largest absolute Gasteiger partial charge is 0.477 e. The van der Waals surface area contributed by atoms with Gasteiger partial charge in [0.05, 0.1) is 18.3 Å². The summed E-state index contributed by atoms with van der Waals surface area (Å²) < 4.78 is 5.84. The first kappa shape index (κ1) is 13.0. The molecule has 0 aromatic heterocycles. The lowest BCUT2D eigenvalue weighted by molar-refractivity contribution is -0.137. The Morgan fingerprint density at radius 3 is 3.00 bits per heavy atom. The predicted octanol–water partition coefficient (Wildman–Crippen LogP) is 1.09. The summed E-state index contributed by atoms with van der Waals surface area (Å²) in [7, 11) is 0.